The Morgan fingerprint density at radius 3 is 2.67 bits per heavy atom. The Balaban J connectivity index is 2.43. The van der Waals surface area contributed by atoms with Crippen molar-refractivity contribution in [2.75, 3.05) is 33.3 Å². The maximum atomic E-state index is 10.1. The Hall–Kier alpha value is -0.560. The van der Waals surface area contributed by atoms with E-state index in [1.807, 2.05) is 12.1 Å². The highest BCUT2D eigenvalue weighted by molar-refractivity contribution is 9.13. The summed E-state index contributed by atoms with van der Waals surface area (Å²) in [5.41, 5.74) is 1.10. The zero-order chi connectivity index (χ0) is 15.4. The van der Waals surface area contributed by atoms with Crippen molar-refractivity contribution in [3.63, 3.8) is 0 Å². The summed E-state index contributed by atoms with van der Waals surface area (Å²) in [6.07, 6.45) is 2.78. The minimum Gasteiger partial charge on any atom is -0.503 e. The van der Waals surface area contributed by atoms with Gasteiger partial charge in [-0.2, -0.15) is 0 Å². The molecule has 21 heavy (non-hydrogen) atoms. The zero-order valence-corrected chi connectivity index (χ0v) is 15.2. The second kappa shape index (κ2) is 7.63. The summed E-state index contributed by atoms with van der Waals surface area (Å²) < 4.78 is 6.77. The van der Waals surface area contributed by atoms with Crippen LogP contribution in [0.1, 0.15) is 18.0 Å². The van der Waals surface area contributed by atoms with Crippen molar-refractivity contribution in [2.24, 2.45) is 0 Å². The molecule has 2 rings (SSSR count). The molecule has 0 saturated carbocycles. The van der Waals surface area contributed by atoms with Crippen LogP contribution in [0.25, 0.3) is 0 Å². The molecule has 0 amide bonds. The Morgan fingerprint density at radius 1 is 1.43 bits per heavy atom. The average molecular weight is 420 g/mol. The maximum absolute atomic E-state index is 10.1. The molecule has 1 fully saturated rings. The fraction of sp³-hybridized carbons (Fsp3) is 0.467. The molecule has 4 nitrogen and oxygen atoms in total. The Morgan fingerprint density at radius 2 is 2.10 bits per heavy atom. The third-order valence-electron chi connectivity index (χ3n) is 3.74. The van der Waals surface area contributed by atoms with Gasteiger partial charge in [-0.3, -0.25) is 4.90 Å². The number of benzene rings is 1. The van der Waals surface area contributed by atoms with Gasteiger partial charge in [0.05, 0.1) is 11.6 Å². The number of rotatable bonds is 5. The molecule has 0 bridgehead atoms. The van der Waals surface area contributed by atoms with E-state index < -0.39 is 0 Å². The first-order valence-corrected chi connectivity index (χ1v) is 8.49. The highest BCUT2D eigenvalue weighted by atomic mass is 79.9. The highest BCUT2D eigenvalue weighted by Gasteiger charge is 2.26. The molecule has 1 saturated heterocycles. The van der Waals surface area contributed by atoms with Crippen LogP contribution in [0.3, 0.4) is 0 Å². The number of ether oxygens (including phenoxy) is 1. The van der Waals surface area contributed by atoms with Crippen LogP contribution in [-0.4, -0.2) is 43.3 Å². The lowest BCUT2D eigenvalue weighted by Crippen LogP contribution is -2.45. The molecule has 1 atom stereocenters. The molecule has 0 unspecified atom stereocenters. The first-order valence-electron chi connectivity index (χ1n) is 6.90. The SMILES string of the molecule is C=CC[C@@H](c1cc(OC)c(O)c(Br)c1Br)N1CCNCC1. The molecular formula is C15H20Br2N2O2. The van der Waals surface area contributed by atoms with E-state index in [1.54, 1.807) is 7.11 Å². The lowest BCUT2D eigenvalue weighted by atomic mass is 10.0. The van der Waals surface area contributed by atoms with E-state index in [4.69, 9.17) is 4.74 Å². The Labute approximate surface area is 142 Å². The van der Waals surface area contributed by atoms with Crippen molar-refractivity contribution in [1.82, 2.24) is 10.2 Å². The molecule has 1 aromatic rings. The van der Waals surface area contributed by atoms with Crippen LogP contribution in [0, 0.1) is 0 Å². The molecule has 1 aromatic carbocycles. The standard InChI is InChI=1S/C15H20Br2N2O2/c1-3-4-11(19-7-5-18-6-8-19)10-9-12(21-2)15(20)14(17)13(10)16/h3,9,11,18,20H,1,4-8H2,2H3/t11-/m0/s1. The van der Waals surface area contributed by atoms with Crippen LogP contribution in [0.5, 0.6) is 11.5 Å². The van der Waals surface area contributed by atoms with Crippen LogP contribution in [-0.2, 0) is 0 Å². The summed E-state index contributed by atoms with van der Waals surface area (Å²) >= 11 is 7.02. The van der Waals surface area contributed by atoms with E-state index in [0.29, 0.717) is 10.2 Å². The summed E-state index contributed by atoms with van der Waals surface area (Å²) in [5, 5.41) is 13.4. The van der Waals surface area contributed by atoms with Gasteiger partial charge in [-0.05, 0) is 49.9 Å². The van der Waals surface area contributed by atoms with E-state index in [0.717, 1.165) is 42.6 Å². The fourth-order valence-corrected chi connectivity index (χ4v) is 3.63. The molecule has 1 aliphatic heterocycles. The lowest BCUT2D eigenvalue weighted by molar-refractivity contribution is 0.173. The van der Waals surface area contributed by atoms with Crippen LogP contribution in [0.15, 0.2) is 27.7 Å². The van der Waals surface area contributed by atoms with Gasteiger partial charge in [-0.25, -0.2) is 0 Å². The molecule has 1 aliphatic rings. The smallest absolute Gasteiger partial charge is 0.173 e. The number of hydrogen-bond acceptors (Lipinski definition) is 4. The number of nitrogens with one attached hydrogen (secondary N) is 1. The number of aromatic hydroxyl groups is 1. The Kier molecular flexibility index (Phi) is 6.10. The summed E-state index contributed by atoms with van der Waals surface area (Å²) in [7, 11) is 1.56. The molecule has 0 spiro atoms. The predicted molar refractivity (Wildman–Crippen MR) is 92.1 cm³/mol. The monoisotopic (exact) mass is 418 g/mol. The average Bonchev–Trinajstić information content (AvgIpc) is 2.52. The van der Waals surface area contributed by atoms with Crippen LogP contribution in [0.4, 0.5) is 0 Å². The van der Waals surface area contributed by atoms with Crippen molar-refractivity contribution >= 4 is 31.9 Å². The third kappa shape index (κ3) is 3.62. The van der Waals surface area contributed by atoms with E-state index in [9.17, 15) is 5.11 Å². The van der Waals surface area contributed by atoms with Gasteiger partial charge in [0.15, 0.2) is 11.5 Å². The van der Waals surface area contributed by atoms with E-state index in [-0.39, 0.29) is 11.8 Å². The lowest BCUT2D eigenvalue weighted by Gasteiger charge is -2.35. The van der Waals surface area contributed by atoms with Crippen LogP contribution in [0.2, 0.25) is 0 Å². The van der Waals surface area contributed by atoms with Crippen molar-refractivity contribution in [2.45, 2.75) is 12.5 Å². The summed E-state index contributed by atoms with van der Waals surface area (Å²) in [6.45, 7) is 7.84. The number of phenolic OH excluding ortho intramolecular Hbond substituents is 1. The number of methoxy groups -OCH3 is 1. The third-order valence-corrected chi connectivity index (χ3v) is 5.89. The minimum atomic E-state index is 0.116. The Bertz CT molecular complexity index is 517. The van der Waals surface area contributed by atoms with E-state index in [1.165, 1.54) is 0 Å². The molecule has 6 heteroatoms. The van der Waals surface area contributed by atoms with Crippen molar-refractivity contribution in [3.8, 4) is 11.5 Å². The van der Waals surface area contributed by atoms with Crippen molar-refractivity contribution < 1.29 is 9.84 Å². The second-order valence-electron chi connectivity index (χ2n) is 4.97. The normalized spacial score (nSPS) is 17.5. The molecule has 2 N–H and O–H groups in total. The van der Waals surface area contributed by atoms with Gasteiger partial charge in [-0.1, -0.05) is 6.08 Å². The highest BCUT2D eigenvalue weighted by Crippen LogP contribution is 2.45. The molecule has 0 aliphatic carbocycles. The van der Waals surface area contributed by atoms with Gasteiger partial charge in [0.1, 0.15) is 0 Å². The second-order valence-corrected chi connectivity index (χ2v) is 6.56. The zero-order valence-electron chi connectivity index (χ0n) is 12.0. The summed E-state index contributed by atoms with van der Waals surface area (Å²) in [4.78, 5) is 2.43. The first-order chi connectivity index (χ1) is 10.1. The maximum Gasteiger partial charge on any atom is 0.173 e. The summed E-state index contributed by atoms with van der Waals surface area (Å²) in [6, 6.07) is 2.12. The van der Waals surface area contributed by atoms with Gasteiger partial charge < -0.3 is 15.2 Å². The number of piperazine rings is 1. The topological polar surface area (TPSA) is 44.7 Å². The van der Waals surface area contributed by atoms with Gasteiger partial charge in [-0.15, -0.1) is 6.58 Å². The summed E-state index contributed by atoms with van der Waals surface area (Å²) in [5.74, 6) is 0.593. The predicted octanol–water partition coefficient (Wildman–Crippen LogP) is 3.45. The number of phenols is 1. The van der Waals surface area contributed by atoms with E-state index >= 15 is 0 Å². The van der Waals surface area contributed by atoms with Crippen molar-refractivity contribution in [1.29, 1.82) is 0 Å². The van der Waals surface area contributed by atoms with E-state index in [2.05, 4.69) is 48.7 Å². The first kappa shape index (κ1) is 16.8. The van der Waals surface area contributed by atoms with Gasteiger partial charge in [0, 0.05) is 36.7 Å². The molecule has 0 radical (unpaired) electrons. The largest absolute Gasteiger partial charge is 0.503 e. The fourth-order valence-electron chi connectivity index (χ4n) is 2.63. The molecular weight excluding hydrogens is 400 g/mol. The van der Waals surface area contributed by atoms with Gasteiger partial charge in [0.25, 0.3) is 0 Å². The molecule has 1 heterocycles. The minimum absolute atomic E-state index is 0.116. The van der Waals surface area contributed by atoms with Crippen LogP contribution < -0.4 is 10.1 Å². The number of hydrogen-bond donors (Lipinski definition) is 2. The van der Waals surface area contributed by atoms with Gasteiger partial charge in [0.2, 0.25) is 0 Å². The number of halogens is 2. The van der Waals surface area contributed by atoms with Gasteiger partial charge >= 0.3 is 0 Å². The quantitative estimate of drug-likeness (QED) is 0.717. The van der Waals surface area contributed by atoms with Crippen LogP contribution >= 0.6 is 31.9 Å². The molecule has 0 aromatic heterocycles. The number of nitrogens with zero attached hydrogens (tertiary/aromatic N) is 1. The molecule has 116 valence electrons. The van der Waals surface area contributed by atoms with Crippen molar-refractivity contribution in [3.05, 3.63) is 33.2 Å².